The number of aryl methyl sites for hydroxylation is 1. The summed E-state index contributed by atoms with van der Waals surface area (Å²) in [6, 6.07) is 5.68. The molecule has 0 unspecified atom stereocenters. The second kappa shape index (κ2) is 2.69. The third kappa shape index (κ3) is 1.13. The minimum absolute atomic E-state index is 0.152. The predicted molar refractivity (Wildman–Crippen MR) is 48.4 cm³/mol. The van der Waals surface area contributed by atoms with Crippen LogP contribution in [-0.2, 0) is 6.42 Å². The van der Waals surface area contributed by atoms with Crippen LogP contribution in [0.4, 0.5) is 0 Å². The summed E-state index contributed by atoms with van der Waals surface area (Å²) in [6.07, 6.45) is 0.449. The van der Waals surface area contributed by atoms with Gasteiger partial charge >= 0.3 is 0 Å². The molecule has 0 bridgehead atoms. The maximum atomic E-state index is 11.5. The van der Waals surface area contributed by atoms with Crippen LogP contribution in [0.5, 0.6) is 0 Å². The summed E-state index contributed by atoms with van der Waals surface area (Å²) in [5.41, 5.74) is 2.91. The summed E-state index contributed by atoms with van der Waals surface area (Å²) in [5, 5.41) is 11.5. The third-order valence-corrected chi connectivity index (χ3v) is 2.25. The summed E-state index contributed by atoms with van der Waals surface area (Å²) < 4.78 is 0. The number of ketones is 1. The molecule has 0 saturated heterocycles. The van der Waals surface area contributed by atoms with Crippen molar-refractivity contribution in [1.82, 2.24) is 0 Å². The summed E-state index contributed by atoms with van der Waals surface area (Å²) in [5.74, 6) is -0.152. The highest BCUT2D eigenvalue weighted by Gasteiger charge is 2.26. The summed E-state index contributed by atoms with van der Waals surface area (Å²) >= 11 is 0. The molecule has 0 heterocycles. The van der Waals surface area contributed by atoms with E-state index in [0.717, 1.165) is 11.1 Å². The molecule has 1 aliphatic rings. The molecule has 3 nitrogen and oxygen atoms in total. The maximum Gasteiger partial charge on any atom is 0.211 e. The highest BCUT2D eigenvalue weighted by atomic mass is 16.4. The predicted octanol–water partition coefficient (Wildman–Crippen LogP) is 1.56. The first-order valence-corrected chi connectivity index (χ1v) is 4.07. The fraction of sp³-hybridized carbons (Fsp3) is 0.200. The number of hydrogen-bond donors (Lipinski definition) is 1. The van der Waals surface area contributed by atoms with E-state index in [9.17, 15) is 4.79 Å². The number of nitrogens with zero attached hydrogens (tertiary/aromatic N) is 1. The maximum absolute atomic E-state index is 11.5. The highest BCUT2D eigenvalue weighted by Crippen LogP contribution is 2.21. The van der Waals surface area contributed by atoms with Gasteiger partial charge in [0, 0.05) is 12.0 Å². The Morgan fingerprint density at radius 3 is 2.92 bits per heavy atom. The molecule has 3 heteroatoms. The Kier molecular flexibility index (Phi) is 1.65. The van der Waals surface area contributed by atoms with Gasteiger partial charge in [0.25, 0.3) is 0 Å². The van der Waals surface area contributed by atoms with Crippen molar-refractivity contribution in [3.05, 3.63) is 34.9 Å². The molecule has 2 rings (SSSR count). The molecule has 0 aromatic heterocycles. The van der Waals surface area contributed by atoms with Crippen LogP contribution in [-0.4, -0.2) is 16.7 Å². The molecule has 0 radical (unpaired) electrons. The monoisotopic (exact) mass is 175 g/mol. The molecule has 0 spiro atoms. The van der Waals surface area contributed by atoms with Crippen molar-refractivity contribution < 1.29 is 10.0 Å². The van der Waals surface area contributed by atoms with Gasteiger partial charge in [-0.1, -0.05) is 22.9 Å². The average molecular weight is 175 g/mol. The van der Waals surface area contributed by atoms with Crippen LogP contribution in [0.3, 0.4) is 0 Å². The van der Waals surface area contributed by atoms with Gasteiger partial charge in [0.2, 0.25) is 5.78 Å². The van der Waals surface area contributed by atoms with Crippen LogP contribution < -0.4 is 0 Å². The average Bonchev–Trinajstić information content (AvgIpc) is 2.44. The zero-order valence-corrected chi connectivity index (χ0v) is 7.24. The number of carbonyl (C=O) groups is 1. The normalized spacial score (nSPS) is 17.9. The SMILES string of the molecule is Cc1ccc2c(c1)C(=O)/C(=N\O)C2. The summed E-state index contributed by atoms with van der Waals surface area (Å²) in [6.45, 7) is 1.93. The Balaban J connectivity index is 2.57. The van der Waals surface area contributed by atoms with Gasteiger partial charge < -0.3 is 5.21 Å². The van der Waals surface area contributed by atoms with Crippen LogP contribution in [0.25, 0.3) is 0 Å². The fourth-order valence-corrected chi connectivity index (χ4v) is 1.55. The lowest BCUT2D eigenvalue weighted by atomic mass is 10.1. The lowest BCUT2D eigenvalue weighted by molar-refractivity contribution is 0.106. The number of hydrogen-bond acceptors (Lipinski definition) is 3. The fourth-order valence-electron chi connectivity index (χ4n) is 1.55. The lowest BCUT2D eigenvalue weighted by Crippen LogP contribution is -2.06. The first kappa shape index (κ1) is 7.98. The minimum atomic E-state index is -0.152. The van der Waals surface area contributed by atoms with Crippen molar-refractivity contribution >= 4 is 11.5 Å². The Morgan fingerprint density at radius 2 is 2.23 bits per heavy atom. The summed E-state index contributed by atoms with van der Waals surface area (Å²) in [4.78, 5) is 11.5. The van der Waals surface area contributed by atoms with Crippen LogP contribution in [0, 0.1) is 6.92 Å². The largest absolute Gasteiger partial charge is 0.411 e. The molecule has 1 aliphatic carbocycles. The van der Waals surface area contributed by atoms with Crippen LogP contribution >= 0.6 is 0 Å². The third-order valence-electron chi connectivity index (χ3n) is 2.25. The van der Waals surface area contributed by atoms with Crippen molar-refractivity contribution in [3.63, 3.8) is 0 Å². The Hall–Kier alpha value is -1.64. The number of rotatable bonds is 0. The van der Waals surface area contributed by atoms with Gasteiger partial charge in [0.1, 0.15) is 5.71 Å². The lowest BCUT2D eigenvalue weighted by Gasteiger charge is -1.96. The topological polar surface area (TPSA) is 49.7 Å². The van der Waals surface area contributed by atoms with E-state index in [2.05, 4.69) is 5.16 Å². The molecule has 0 amide bonds. The van der Waals surface area contributed by atoms with Gasteiger partial charge in [0.05, 0.1) is 0 Å². The molecule has 1 N–H and O–H groups in total. The number of benzene rings is 1. The second-order valence-corrected chi connectivity index (χ2v) is 3.21. The van der Waals surface area contributed by atoms with Gasteiger partial charge in [-0.05, 0) is 18.6 Å². The van der Waals surface area contributed by atoms with E-state index in [1.54, 1.807) is 0 Å². The Labute approximate surface area is 75.7 Å². The minimum Gasteiger partial charge on any atom is -0.411 e. The van der Waals surface area contributed by atoms with E-state index in [4.69, 9.17) is 5.21 Å². The van der Waals surface area contributed by atoms with Gasteiger partial charge in [-0.2, -0.15) is 0 Å². The highest BCUT2D eigenvalue weighted by molar-refractivity contribution is 6.49. The van der Waals surface area contributed by atoms with Crippen molar-refractivity contribution in [3.8, 4) is 0 Å². The van der Waals surface area contributed by atoms with Crippen molar-refractivity contribution in [2.24, 2.45) is 5.16 Å². The van der Waals surface area contributed by atoms with E-state index in [0.29, 0.717) is 12.0 Å². The zero-order chi connectivity index (χ0) is 9.42. The number of oxime groups is 1. The molecule has 1 aromatic rings. The molecule has 66 valence electrons. The van der Waals surface area contributed by atoms with E-state index in [1.807, 2.05) is 25.1 Å². The molecule has 0 saturated carbocycles. The Morgan fingerprint density at radius 1 is 1.46 bits per heavy atom. The van der Waals surface area contributed by atoms with Gasteiger partial charge in [-0.25, -0.2) is 0 Å². The smallest absolute Gasteiger partial charge is 0.211 e. The molecule has 0 fully saturated rings. The standard InChI is InChI=1S/C10H9NO2/c1-6-2-3-7-5-9(11-13)10(12)8(7)4-6/h2-4,13H,5H2,1H3/b11-9-. The van der Waals surface area contributed by atoms with Crippen LogP contribution in [0.1, 0.15) is 21.5 Å². The quantitative estimate of drug-likeness (QED) is 0.480. The van der Waals surface area contributed by atoms with Gasteiger partial charge in [-0.15, -0.1) is 0 Å². The Bertz CT molecular complexity index is 407. The van der Waals surface area contributed by atoms with E-state index in [-0.39, 0.29) is 11.5 Å². The first-order chi connectivity index (χ1) is 6.22. The van der Waals surface area contributed by atoms with Gasteiger partial charge in [-0.3, -0.25) is 4.79 Å². The van der Waals surface area contributed by atoms with E-state index < -0.39 is 0 Å². The van der Waals surface area contributed by atoms with E-state index in [1.165, 1.54) is 0 Å². The van der Waals surface area contributed by atoms with Crippen molar-refractivity contribution in [1.29, 1.82) is 0 Å². The van der Waals surface area contributed by atoms with Gasteiger partial charge in [0.15, 0.2) is 0 Å². The molecule has 13 heavy (non-hydrogen) atoms. The van der Waals surface area contributed by atoms with Crippen molar-refractivity contribution in [2.75, 3.05) is 0 Å². The molecular weight excluding hydrogens is 166 g/mol. The number of Topliss-reactive ketones (excluding diaryl/α,β-unsaturated/α-hetero) is 1. The first-order valence-electron chi connectivity index (χ1n) is 4.07. The second-order valence-electron chi connectivity index (χ2n) is 3.21. The number of fused-ring (bicyclic) bond motifs is 1. The molecule has 0 atom stereocenters. The van der Waals surface area contributed by atoms with Crippen LogP contribution in [0.15, 0.2) is 23.4 Å². The zero-order valence-electron chi connectivity index (χ0n) is 7.24. The van der Waals surface area contributed by atoms with Crippen LogP contribution in [0.2, 0.25) is 0 Å². The number of carbonyl (C=O) groups excluding carboxylic acids is 1. The van der Waals surface area contributed by atoms with Crippen molar-refractivity contribution in [2.45, 2.75) is 13.3 Å². The molecule has 1 aromatic carbocycles. The van der Waals surface area contributed by atoms with E-state index >= 15 is 0 Å². The molecule has 0 aliphatic heterocycles. The summed E-state index contributed by atoms with van der Waals surface area (Å²) in [7, 11) is 0. The molecular formula is C10H9NO2.